The molecule has 6 nitrogen and oxygen atoms in total. The average Bonchev–Trinajstić information content (AvgIpc) is 2.94. The third-order valence-electron chi connectivity index (χ3n) is 4.03. The van der Waals surface area contributed by atoms with Crippen LogP contribution < -0.4 is 10.2 Å². The smallest absolute Gasteiger partial charge is 0.303 e. The molecular formula is C17H22N2O4S. The molecule has 1 heterocycles. The number of thioether (sulfide) groups is 1. The number of carbonyl (C=O) groups excluding carboxylic acids is 2. The lowest BCUT2D eigenvalue weighted by Crippen LogP contribution is -2.35. The van der Waals surface area contributed by atoms with E-state index in [-0.39, 0.29) is 30.6 Å². The van der Waals surface area contributed by atoms with E-state index < -0.39 is 11.9 Å². The van der Waals surface area contributed by atoms with Crippen molar-refractivity contribution in [1.82, 2.24) is 5.32 Å². The topological polar surface area (TPSA) is 86.7 Å². The molecule has 1 aliphatic heterocycles. The lowest BCUT2D eigenvalue weighted by Gasteiger charge is -2.17. The van der Waals surface area contributed by atoms with Crippen molar-refractivity contribution < 1.29 is 19.5 Å². The third kappa shape index (κ3) is 4.74. The summed E-state index contributed by atoms with van der Waals surface area (Å²) in [5, 5.41) is 11.5. The Balaban J connectivity index is 1.91. The Labute approximate surface area is 145 Å². The Kier molecular flexibility index (Phi) is 6.25. The van der Waals surface area contributed by atoms with Crippen molar-refractivity contribution in [2.24, 2.45) is 11.8 Å². The second-order valence-electron chi connectivity index (χ2n) is 6.05. The summed E-state index contributed by atoms with van der Waals surface area (Å²) in [6.07, 6.45) is 2.18. The fourth-order valence-corrected chi connectivity index (χ4v) is 3.09. The van der Waals surface area contributed by atoms with Crippen molar-refractivity contribution in [2.75, 3.05) is 24.2 Å². The Morgan fingerprint density at radius 3 is 2.62 bits per heavy atom. The van der Waals surface area contributed by atoms with Crippen LogP contribution in [0.2, 0.25) is 0 Å². The number of aliphatic carboxylic acids is 1. The van der Waals surface area contributed by atoms with Crippen LogP contribution in [-0.4, -0.2) is 42.2 Å². The summed E-state index contributed by atoms with van der Waals surface area (Å²) in [5.41, 5.74) is 0.798. The van der Waals surface area contributed by atoms with E-state index in [1.165, 1.54) is 0 Å². The molecule has 2 unspecified atom stereocenters. The summed E-state index contributed by atoms with van der Waals surface area (Å²) >= 11 is 1.63. The molecule has 0 aliphatic carbocycles. The fraction of sp³-hybridized carbons (Fsp3) is 0.471. The molecule has 2 rings (SSSR count). The summed E-state index contributed by atoms with van der Waals surface area (Å²) in [6, 6.07) is 7.68. The minimum atomic E-state index is -0.882. The Morgan fingerprint density at radius 2 is 2.04 bits per heavy atom. The van der Waals surface area contributed by atoms with Gasteiger partial charge in [0.05, 0.1) is 5.92 Å². The first-order chi connectivity index (χ1) is 11.4. The maximum absolute atomic E-state index is 12.2. The molecule has 0 spiro atoms. The summed E-state index contributed by atoms with van der Waals surface area (Å²) in [6.45, 7) is 2.43. The molecule has 2 amide bonds. The zero-order chi connectivity index (χ0) is 17.7. The van der Waals surface area contributed by atoms with E-state index in [9.17, 15) is 14.4 Å². The van der Waals surface area contributed by atoms with Gasteiger partial charge in [0.25, 0.3) is 0 Å². The van der Waals surface area contributed by atoms with E-state index in [1.807, 2.05) is 30.5 Å². The van der Waals surface area contributed by atoms with Crippen LogP contribution in [0.1, 0.15) is 19.8 Å². The van der Waals surface area contributed by atoms with Crippen LogP contribution in [-0.2, 0) is 14.4 Å². The summed E-state index contributed by atoms with van der Waals surface area (Å²) in [4.78, 5) is 37.8. The van der Waals surface area contributed by atoms with Crippen molar-refractivity contribution in [1.29, 1.82) is 0 Å². The van der Waals surface area contributed by atoms with E-state index in [0.29, 0.717) is 13.1 Å². The van der Waals surface area contributed by atoms with Crippen LogP contribution in [0, 0.1) is 11.8 Å². The van der Waals surface area contributed by atoms with Gasteiger partial charge in [0, 0.05) is 36.5 Å². The van der Waals surface area contributed by atoms with Gasteiger partial charge >= 0.3 is 5.97 Å². The number of benzene rings is 1. The first-order valence-corrected chi connectivity index (χ1v) is 9.07. The summed E-state index contributed by atoms with van der Waals surface area (Å²) in [5.74, 6) is -1.67. The molecular weight excluding hydrogens is 328 g/mol. The number of nitrogens with zero attached hydrogens (tertiary/aromatic N) is 1. The number of carboxylic acid groups (broad SMARTS) is 1. The predicted molar refractivity (Wildman–Crippen MR) is 93.1 cm³/mol. The van der Waals surface area contributed by atoms with Gasteiger partial charge in [-0.3, -0.25) is 14.4 Å². The molecule has 0 saturated carbocycles. The normalized spacial score (nSPS) is 18.5. The first-order valence-electron chi connectivity index (χ1n) is 7.84. The largest absolute Gasteiger partial charge is 0.481 e. The standard InChI is InChI=1S/C17H22N2O4S/c1-11(7-16(21)22)9-18-17(23)12-8-15(20)19(10-12)13-3-5-14(24-2)6-4-13/h3-6,11-12H,7-10H2,1-2H3,(H,18,23)(H,21,22). The van der Waals surface area contributed by atoms with Crippen molar-refractivity contribution in [2.45, 2.75) is 24.7 Å². The van der Waals surface area contributed by atoms with E-state index in [2.05, 4.69) is 5.32 Å². The second kappa shape index (κ2) is 8.19. The quantitative estimate of drug-likeness (QED) is 0.735. The van der Waals surface area contributed by atoms with Gasteiger partial charge in [-0.25, -0.2) is 0 Å². The number of hydrogen-bond donors (Lipinski definition) is 2. The summed E-state index contributed by atoms with van der Waals surface area (Å²) in [7, 11) is 0. The number of nitrogens with one attached hydrogen (secondary N) is 1. The average molecular weight is 350 g/mol. The second-order valence-corrected chi connectivity index (χ2v) is 6.93. The molecule has 0 bridgehead atoms. The molecule has 24 heavy (non-hydrogen) atoms. The fourth-order valence-electron chi connectivity index (χ4n) is 2.68. The highest BCUT2D eigenvalue weighted by Crippen LogP contribution is 2.27. The number of hydrogen-bond acceptors (Lipinski definition) is 4. The molecule has 1 saturated heterocycles. The van der Waals surface area contributed by atoms with Gasteiger partial charge in [-0.15, -0.1) is 11.8 Å². The zero-order valence-electron chi connectivity index (χ0n) is 13.8. The molecule has 1 aliphatic rings. The van der Waals surface area contributed by atoms with Crippen molar-refractivity contribution in [3.05, 3.63) is 24.3 Å². The van der Waals surface area contributed by atoms with Crippen LogP contribution in [0.3, 0.4) is 0 Å². The van der Waals surface area contributed by atoms with Gasteiger partial charge in [0.1, 0.15) is 0 Å². The van der Waals surface area contributed by atoms with E-state index in [0.717, 1.165) is 10.6 Å². The predicted octanol–water partition coefficient (Wildman–Crippen LogP) is 1.99. The van der Waals surface area contributed by atoms with Gasteiger partial charge in [0.15, 0.2) is 0 Å². The minimum absolute atomic E-state index is 0.0117. The highest BCUT2D eigenvalue weighted by atomic mass is 32.2. The van der Waals surface area contributed by atoms with Crippen LogP contribution in [0.5, 0.6) is 0 Å². The maximum atomic E-state index is 12.2. The number of rotatable bonds is 7. The van der Waals surface area contributed by atoms with E-state index in [4.69, 9.17) is 5.11 Å². The number of carbonyl (C=O) groups is 3. The van der Waals surface area contributed by atoms with Crippen molar-refractivity contribution in [3.8, 4) is 0 Å². The van der Waals surface area contributed by atoms with Gasteiger partial charge in [-0.05, 0) is 36.4 Å². The van der Waals surface area contributed by atoms with Crippen molar-refractivity contribution in [3.63, 3.8) is 0 Å². The van der Waals surface area contributed by atoms with Crippen LogP contribution in [0.25, 0.3) is 0 Å². The molecule has 0 aromatic heterocycles. The van der Waals surface area contributed by atoms with Gasteiger partial charge in [-0.2, -0.15) is 0 Å². The Morgan fingerprint density at radius 1 is 1.38 bits per heavy atom. The van der Waals surface area contributed by atoms with E-state index in [1.54, 1.807) is 23.6 Å². The molecule has 1 aromatic rings. The van der Waals surface area contributed by atoms with Crippen LogP contribution >= 0.6 is 11.8 Å². The molecule has 2 atom stereocenters. The monoisotopic (exact) mass is 350 g/mol. The van der Waals surface area contributed by atoms with Crippen molar-refractivity contribution >= 4 is 35.2 Å². The van der Waals surface area contributed by atoms with Gasteiger partial charge in [-0.1, -0.05) is 6.92 Å². The van der Waals surface area contributed by atoms with E-state index >= 15 is 0 Å². The van der Waals surface area contributed by atoms with Gasteiger partial charge < -0.3 is 15.3 Å². The first kappa shape index (κ1) is 18.3. The number of anilines is 1. The highest BCUT2D eigenvalue weighted by molar-refractivity contribution is 7.98. The molecule has 1 aromatic carbocycles. The maximum Gasteiger partial charge on any atom is 0.303 e. The lowest BCUT2D eigenvalue weighted by atomic mass is 10.1. The van der Waals surface area contributed by atoms with Crippen LogP contribution in [0.4, 0.5) is 5.69 Å². The number of carboxylic acids is 1. The molecule has 130 valence electrons. The molecule has 7 heteroatoms. The molecule has 0 radical (unpaired) electrons. The van der Waals surface area contributed by atoms with Gasteiger partial charge in [0.2, 0.25) is 11.8 Å². The minimum Gasteiger partial charge on any atom is -0.481 e. The van der Waals surface area contributed by atoms with Crippen LogP contribution in [0.15, 0.2) is 29.2 Å². The Hall–Kier alpha value is -2.02. The third-order valence-corrected chi connectivity index (χ3v) is 4.77. The molecule has 2 N–H and O–H groups in total. The number of amides is 2. The lowest BCUT2D eigenvalue weighted by molar-refractivity contribution is -0.138. The summed E-state index contributed by atoms with van der Waals surface area (Å²) < 4.78 is 0. The zero-order valence-corrected chi connectivity index (χ0v) is 14.6. The Bertz CT molecular complexity index is 618. The SMILES string of the molecule is CSc1ccc(N2CC(C(=O)NCC(C)CC(=O)O)CC2=O)cc1. The molecule has 1 fully saturated rings. The highest BCUT2D eigenvalue weighted by Gasteiger charge is 2.35.